The van der Waals surface area contributed by atoms with Crippen LogP contribution in [0.4, 0.5) is 5.95 Å². The molecule has 0 spiro atoms. The second-order valence-electron chi connectivity index (χ2n) is 8.08. The summed E-state index contributed by atoms with van der Waals surface area (Å²) in [5.41, 5.74) is -0.449. The molecule has 3 heterocycles. The maximum Gasteiger partial charge on any atom is 0.240 e. The summed E-state index contributed by atoms with van der Waals surface area (Å²) in [6, 6.07) is 0. The number of hydrogen-bond donors (Lipinski definition) is 1. The molecule has 3 atom stereocenters. The van der Waals surface area contributed by atoms with Crippen LogP contribution in [0.1, 0.15) is 43.6 Å². The number of anilines is 1. The maximum absolute atomic E-state index is 13.3. The van der Waals surface area contributed by atoms with Crippen LogP contribution in [0.15, 0.2) is 12.4 Å². The molecule has 2 fully saturated rings. The highest BCUT2D eigenvalue weighted by atomic mass is 35.5. The van der Waals surface area contributed by atoms with E-state index in [2.05, 4.69) is 24.9 Å². The fraction of sp³-hybridized carbons (Fsp3) is 0.684. The smallest absolute Gasteiger partial charge is 0.240 e. The number of hydrogen-bond acceptors (Lipinski definition) is 10. The minimum atomic E-state index is -3.99. The number of rotatable bonds is 10. The zero-order valence-electron chi connectivity index (χ0n) is 18.6. The standard InChI is InChI=1S/C19H27ClN6O6S/c1-12(15(30-3)16-21-8-13(20)9-22-16)33(27,28)25-18-24-23-17(14-10-31-6-7-32-14)26(18)19(4-5-19)11-29-2/h8-9,12,14-15H,4-7,10-11H2,1-3H3,(H,24,25)/t12?,14-,15?/m0/s1. The summed E-state index contributed by atoms with van der Waals surface area (Å²) in [6.45, 7) is 3.12. The van der Waals surface area contributed by atoms with Gasteiger partial charge in [-0.25, -0.2) is 18.4 Å². The highest BCUT2D eigenvalue weighted by Crippen LogP contribution is 2.47. The number of aromatic nitrogens is 5. The molecule has 0 bridgehead atoms. The number of ether oxygens (including phenoxy) is 4. The first-order valence-electron chi connectivity index (χ1n) is 10.5. The van der Waals surface area contributed by atoms with Gasteiger partial charge in [-0.3, -0.25) is 9.29 Å². The van der Waals surface area contributed by atoms with E-state index in [1.165, 1.54) is 26.4 Å². The molecule has 0 radical (unpaired) electrons. The van der Waals surface area contributed by atoms with Crippen molar-refractivity contribution in [2.24, 2.45) is 0 Å². The molecule has 2 aliphatic rings. The van der Waals surface area contributed by atoms with Crippen LogP contribution < -0.4 is 4.72 Å². The topological polar surface area (TPSA) is 140 Å². The molecule has 12 nitrogen and oxygen atoms in total. The maximum atomic E-state index is 13.3. The molecule has 1 saturated heterocycles. The second-order valence-corrected chi connectivity index (χ2v) is 10.6. The molecule has 1 aliphatic carbocycles. The Hall–Kier alpha value is -1.90. The Morgan fingerprint density at radius 3 is 2.58 bits per heavy atom. The minimum absolute atomic E-state index is 0.0902. The van der Waals surface area contributed by atoms with Crippen molar-refractivity contribution in [2.75, 3.05) is 45.4 Å². The lowest BCUT2D eigenvalue weighted by Gasteiger charge is -2.27. The fourth-order valence-corrected chi connectivity index (χ4v) is 5.11. The van der Waals surface area contributed by atoms with Gasteiger partial charge in [0.15, 0.2) is 11.6 Å². The van der Waals surface area contributed by atoms with Crippen LogP contribution in [0.2, 0.25) is 5.02 Å². The number of halogens is 1. The van der Waals surface area contributed by atoms with E-state index in [1.807, 2.05) is 0 Å². The van der Waals surface area contributed by atoms with E-state index in [9.17, 15) is 8.42 Å². The lowest BCUT2D eigenvalue weighted by Crippen LogP contribution is -2.36. The molecular weight excluding hydrogens is 476 g/mol. The first kappa shape index (κ1) is 24.2. The molecule has 2 unspecified atom stereocenters. The van der Waals surface area contributed by atoms with Crippen LogP contribution in [-0.4, -0.2) is 79.0 Å². The minimum Gasteiger partial charge on any atom is -0.382 e. The summed E-state index contributed by atoms with van der Waals surface area (Å²) >= 11 is 5.85. The monoisotopic (exact) mass is 502 g/mol. The molecule has 1 N–H and O–H groups in total. The highest BCUT2D eigenvalue weighted by molar-refractivity contribution is 7.93. The fourth-order valence-electron chi connectivity index (χ4n) is 3.88. The van der Waals surface area contributed by atoms with Gasteiger partial charge in [-0.1, -0.05) is 11.6 Å². The van der Waals surface area contributed by atoms with Crippen LogP contribution in [0, 0.1) is 0 Å². The molecule has 2 aromatic heterocycles. The Bertz CT molecular complexity index is 1060. The van der Waals surface area contributed by atoms with E-state index in [0.29, 0.717) is 37.3 Å². The molecule has 1 saturated carbocycles. The normalized spacial score (nSPS) is 22.0. The van der Waals surface area contributed by atoms with Crippen LogP contribution >= 0.6 is 11.6 Å². The van der Waals surface area contributed by atoms with Gasteiger partial charge < -0.3 is 18.9 Å². The number of nitrogens with one attached hydrogen (secondary N) is 1. The van der Waals surface area contributed by atoms with E-state index >= 15 is 0 Å². The molecular formula is C19H27ClN6O6S. The van der Waals surface area contributed by atoms with E-state index in [-0.39, 0.29) is 11.8 Å². The molecule has 14 heteroatoms. The third-order valence-corrected chi connectivity index (χ3v) is 7.69. The van der Waals surface area contributed by atoms with Gasteiger partial charge in [0.1, 0.15) is 17.5 Å². The predicted octanol–water partition coefficient (Wildman–Crippen LogP) is 1.46. The zero-order valence-corrected chi connectivity index (χ0v) is 20.2. The predicted molar refractivity (Wildman–Crippen MR) is 117 cm³/mol. The summed E-state index contributed by atoms with van der Waals surface area (Å²) in [6.07, 6.45) is 2.98. The van der Waals surface area contributed by atoms with Crippen molar-refractivity contribution >= 4 is 27.6 Å². The molecule has 1 aliphatic heterocycles. The van der Waals surface area contributed by atoms with Gasteiger partial charge in [0.05, 0.1) is 37.0 Å². The molecule has 4 rings (SSSR count). The van der Waals surface area contributed by atoms with Crippen LogP contribution in [0.5, 0.6) is 0 Å². The Labute approximate surface area is 197 Å². The van der Waals surface area contributed by atoms with Crippen molar-refractivity contribution in [3.8, 4) is 0 Å². The van der Waals surface area contributed by atoms with Crippen molar-refractivity contribution in [3.05, 3.63) is 29.1 Å². The lowest BCUT2D eigenvalue weighted by atomic mass is 10.2. The van der Waals surface area contributed by atoms with E-state index in [4.69, 9.17) is 30.5 Å². The number of nitrogens with zero attached hydrogens (tertiary/aromatic N) is 5. The summed E-state index contributed by atoms with van der Waals surface area (Å²) < 4.78 is 53.2. The van der Waals surface area contributed by atoms with E-state index in [1.54, 1.807) is 11.7 Å². The molecule has 33 heavy (non-hydrogen) atoms. The van der Waals surface area contributed by atoms with E-state index < -0.39 is 33.0 Å². The average molecular weight is 503 g/mol. The zero-order chi connectivity index (χ0) is 23.6. The molecule has 2 aromatic rings. The summed E-state index contributed by atoms with van der Waals surface area (Å²) in [5.74, 6) is 0.791. The summed E-state index contributed by atoms with van der Waals surface area (Å²) in [4.78, 5) is 8.21. The van der Waals surface area contributed by atoms with Crippen molar-refractivity contribution in [3.63, 3.8) is 0 Å². The largest absolute Gasteiger partial charge is 0.382 e. The number of methoxy groups -OCH3 is 2. The van der Waals surface area contributed by atoms with Gasteiger partial charge in [-0.15, -0.1) is 10.2 Å². The summed E-state index contributed by atoms with van der Waals surface area (Å²) in [5, 5.41) is 7.70. The average Bonchev–Trinajstić information content (AvgIpc) is 3.46. The van der Waals surface area contributed by atoms with Gasteiger partial charge in [-0.05, 0) is 19.8 Å². The van der Waals surface area contributed by atoms with Gasteiger partial charge in [-0.2, -0.15) is 0 Å². The highest BCUT2D eigenvalue weighted by Gasteiger charge is 2.49. The Balaban J connectivity index is 1.64. The number of sulfonamides is 1. The quantitative estimate of drug-likeness (QED) is 0.507. The van der Waals surface area contributed by atoms with Gasteiger partial charge in [0.2, 0.25) is 16.0 Å². The van der Waals surface area contributed by atoms with Gasteiger partial charge in [0.25, 0.3) is 0 Å². The SMILES string of the molecule is COCC1(n2c(NS(=O)(=O)C(C)C(OC)c3ncc(Cl)cn3)nnc2[C@@H]2COCCO2)CC1. The van der Waals surface area contributed by atoms with Crippen LogP contribution in [-0.2, 0) is 34.5 Å². The lowest BCUT2D eigenvalue weighted by molar-refractivity contribution is -0.0956. The Morgan fingerprint density at radius 2 is 2.00 bits per heavy atom. The summed E-state index contributed by atoms with van der Waals surface area (Å²) in [7, 11) is -0.995. The van der Waals surface area contributed by atoms with Crippen molar-refractivity contribution in [1.29, 1.82) is 0 Å². The third kappa shape index (κ3) is 4.98. The molecule has 182 valence electrons. The van der Waals surface area contributed by atoms with E-state index in [0.717, 1.165) is 12.8 Å². The Kier molecular flexibility index (Phi) is 7.17. The third-order valence-electron chi connectivity index (χ3n) is 5.80. The molecule has 0 aromatic carbocycles. The van der Waals surface area contributed by atoms with Crippen LogP contribution in [0.25, 0.3) is 0 Å². The van der Waals surface area contributed by atoms with Crippen LogP contribution in [0.3, 0.4) is 0 Å². The van der Waals surface area contributed by atoms with Crippen molar-refractivity contribution in [1.82, 2.24) is 24.7 Å². The Morgan fingerprint density at radius 1 is 1.27 bits per heavy atom. The van der Waals surface area contributed by atoms with Gasteiger partial charge in [0, 0.05) is 26.6 Å². The van der Waals surface area contributed by atoms with Crippen molar-refractivity contribution in [2.45, 2.75) is 42.8 Å². The first-order chi connectivity index (χ1) is 15.8. The van der Waals surface area contributed by atoms with Gasteiger partial charge >= 0.3 is 0 Å². The van der Waals surface area contributed by atoms with Crippen molar-refractivity contribution < 1.29 is 27.4 Å². The molecule has 0 amide bonds. The second kappa shape index (κ2) is 9.76. The first-order valence-corrected chi connectivity index (χ1v) is 12.4.